The lowest BCUT2D eigenvalue weighted by Gasteiger charge is -2.33. The highest BCUT2D eigenvalue weighted by Gasteiger charge is 2.44. The highest BCUT2D eigenvalue weighted by molar-refractivity contribution is 5.97. The molecule has 1 amide bonds. The normalized spacial score (nSPS) is 18.5. The van der Waals surface area contributed by atoms with Crippen LogP contribution in [0.1, 0.15) is 31.2 Å². The molecule has 1 heterocycles. The molecule has 36 heavy (non-hydrogen) atoms. The first-order valence-electron chi connectivity index (χ1n) is 11.2. The number of alkyl halides is 6. The van der Waals surface area contributed by atoms with Gasteiger partial charge in [-0.1, -0.05) is 0 Å². The molecule has 2 aromatic rings. The van der Waals surface area contributed by atoms with Crippen molar-refractivity contribution < 1.29 is 35.9 Å². The molecule has 13 heteroatoms. The van der Waals surface area contributed by atoms with Gasteiger partial charge in [0, 0.05) is 44.1 Å². The number of ether oxygens (including phenoxy) is 1. The van der Waals surface area contributed by atoms with Gasteiger partial charge in [-0.3, -0.25) is 4.79 Å². The van der Waals surface area contributed by atoms with Gasteiger partial charge in [0.1, 0.15) is 11.6 Å². The molecule has 1 aromatic carbocycles. The Bertz CT molecular complexity index is 1030. The average Bonchev–Trinajstić information content (AvgIpc) is 2.78. The number of nitrogens with zero attached hydrogens (tertiary/aromatic N) is 4. The molecule has 0 spiro atoms. The molecule has 1 N–H and O–H groups in total. The summed E-state index contributed by atoms with van der Waals surface area (Å²) in [6, 6.07) is 3.79. The SMILES string of the molecule is Cc1cnc(NC2CCC(CN(C(=O)C(F)(F)F)c3ccc(OC(F)(F)F)cc3)CC2)nc1N(C)C. The molecule has 0 bridgehead atoms. The van der Waals surface area contributed by atoms with Crippen molar-refractivity contribution in [1.29, 1.82) is 0 Å². The van der Waals surface area contributed by atoms with Crippen molar-refractivity contribution >= 4 is 23.4 Å². The first-order valence-corrected chi connectivity index (χ1v) is 11.2. The van der Waals surface area contributed by atoms with Crippen molar-refractivity contribution in [3.05, 3.63) is 36.0 Å². The fourth-order valence-corrected chi connectivity index (χ4v) is 4.17. The third-order valence-electron chi connectivity index (χ3n) is 5.86. The molecule has 1 aromatic heterocycles. The molecular weight excluding hydrogens is 492 g/mol. The van der Waals surface area contributed by atoms with Crippen molar-refractivity contribution in [2.45, 2.75) is 51.2 Å². The second-order valence-corrected chi connectivity index (χ2v) is 8.91. The van der Waals surface area contributed by atoms with Crippen LogP contribution in [0.4, 0.5) is 43.8 Å². The quantitative estimate of drug-likeness (QED) is 0.500. The third-order valence-corrected chi connectivity index (χ3v) is 5.86. The average molecular weight is 519 g/mol. The number of nitrogens with one attached hydrogen (secondary N) is 1. The number of hydrogen-bond donors (Lipinski definition) is 1. The van der Waals surface area contributed by atoms with Crippen LogP contribution in [0.2, 0.25) is 0 Å². The molecule has 0 radical (unpaired) electrons. The maximum atomic E-state index is 13.3. The Morgan fingerprint density at radius 1 is 1.06 bits per heavy atom. The lowest BCUT2D eigenvalue weighted by molar-refractivity contribution is -0.274. The van der Waals surface area contributed by atoms with E-state index in [2.05, 4.69) is 20.0 Å². The fourth-order valence-electron chi connectivity index (χ4n) is 4.17. The predicted molar refractivity (Wildman–Crippen MR) is 122 cm³/mol. The Morgan fingerprint density at radius 3 is 2.19 bits per heavy atom. The molecule has 7 nitrogen and oxygen atoms in total. The minimum Gasteiger partial charge on any atom is -0.406 e. The number of amides is 1. The second kappa shape index (κ2) is 10.8. The summed E-state index contributed by atoms with van der Waals surface area (Å²) in [4.78, 5) is 23.4. The number of carbonyl (C=O) groups is 1. The zero-order valence-corrected chi connectivity index (χ0v) is 20.0. The van der Waals surface area contributed by atoms with Crippen LogP contribution in [0, 0.1) is 12.8 Å². The van der Waals surface area contributed by atoms with Crippen LogP contribution in [0.25, 0.3) is 0 Å². The summed E-state index contributed by atoms with van der Waals surface area (Å²) in [7, 11) is 3.74. The fraction of sp³-hybridized carbons (Fsp3) is 0.522. The Balaban J connectivity index is 1.65. The van der Waals surface area contributed by atoms with E-state index in [-0.39, 0.29) is 24.2 Å². The van der Waals surface area contributed by atoms with Crippen molar-refractivity contribution in [2.24, 2.45) is 5.92 Å². The van der Waals surface area contributed by atoms with E-state index in [4.69, 9.17) is 0 Å². The van der Waals surface area contributed by atoms with Gasteiger partial charge in [0.15, 0.2) is 0 Å². The van der Waals surface area contributed by atoms with Crippen LogP contribution in [-0.4, -0.2) is 55.1 Å². The first-order chi connectivity index (χ1) is 16.7. The van der Waals surface area contributed by atoms with Crippen molar-refractivity contribution in [1.82, 2.24) is 9.97 Å². The summed E-state index contributed by atoms with van der Waals surface area (Å²) in [6.07, 6.45) is -6.01. The highest BCUT2D eigenvalue weighted by atomic mass is 19.4. The van der Waals surface area contributed by atoms with Gasteiger partial charge in [-0.05, 0) is 62.8 Å². The minimum atomic E-state index is -5.13. The van der Waals surface area contributed by atoms with Crippen LogP contribution < -0.4 is 19.9 Å². The van der Waals surface area contributed by atoms with Gasteiger partial charge >= 0.3 is 18.4 Å². The monoisotopic (exact) mass is 519 g/mol. The summed E-state index contributed by atoms with van der Waals surface area (Å²) < 4.78 is 80.7. The van der Waals surface area contributed by atoms with Crippen LogP contribution >= 0.6 is 0 Å². The molecule has 1 fully saturated rings. The van der Waals surface area contributed by atoms with Crippen LogP contribution in [0.15, 0.2) is 30.5 Å². The van der Waals surface area contributed by atoms with E-state index in [1.807, 2.05) is 25.9 Å². The largest absolute Gasteiger partial charge is 0.573 e. The number of carbonyl (C=O) groups excluding carboxylic acids is 1. The minimum absolute atomic E-state index is 0.0181. The number of anilines is 3. The molecule has 0 unspecified atom stereocenters. The molecular formula is C23H27F6N5O2. The van der Waals surface area contributed by atoms with E-state index in [0.29, 0.717) is 36.5 Å². The Hall–Kier alpha value is -3.25. The van der Waals surface area contributed by atoms with Gasteiger partial charge in [-0.2, -0.15) is 18.2 Å². The summed E-state index contributed by atoms with van der Waals surface area (Å²) in [6.45, 7) is 1.69. The number of aromatic nitrogens is 2. The van der Waals surface area contributed by atoms with Crippen LogP contribution in [0.5, 0.6) is 5.75 Å². The molecule has 3 rings (SSSR count). The first kappa shape index (κ1) is 27.3. The Labute approximate surface area is 204 Å². The van der Waals surface area contributed by atoms with Crippen molar-refractivity contribution in [3.63, 3.8) is 0 Å². The lowest BCUT2D eigenvalue weighted by atomic mass is 9.85. The van der Waals surface area contributed by atoms with Crippen molar-refractivity contribution in [2.75, 3.05) is 35.8 Å². The summed E-state index contributed by atoms with van der Waals surface area (Å²) in [5.74, 6) is -1.65. The number of rotatable bonds is 7. The molecule has 0 saturated heterocycles. The maximum Gasteiger partial charge on any atom is 0.573 e. The van der Waals surface area contributed by atoms with Gasteiger partial charge < -0.3 is 19.9 Å². The third kappa shape index (κ3) is 7.37. The molecule has 0 atom stereocenters. The van der Waals surface area contributed by atoms with E-state index in [0.717, 1.165) is 35.6 Å². The van der Waals surface area contributed by atoms with E-state index in [9.17, 15) is 31.1 Å². The Kier molecular flexibility index (Phi) is 8.19. The standard InChI is InChI=1S/C23H27F6N5O2/c1-14-12-30-21(32-19(14)33(2)3)31-16-6-4-15(5-7-16)13-34(20(35)22(24,25)26)17-8-10-18(11-9-17)36-23(27,28)29/h8-12,15-16H,4-7,13H2,1-3H3,(H,30,31,32). The predicted octanol–water partition coefficient (Wildman–Crippen LogP) is 5.32. The maximum absolute atomic E-state index is 13.3. The zero-order valence-electron chi connectivity index (χ0n) is 20.0. The number of hydrogen-bond acceptors (Lipinski definition) is 6. The lowest BCUT2D eigenvalue weighted by Crippen LogP contribution is -2.44. The van der Waals surface area contributed by atoms with Crippen LogP contribution in [-0.2, 0) is 4.79 Å². The smallest absolute Gasteiger partial charge is 0.406 e. The van der Waals surface area contributed by atoms with Gasteiger partial charge in [-0.25, -0.2) is 4.98 Å². The van der Waals surface area contributed by atoms with Gasteiger partial charge in [0.05, 0.1) is 0 Å². The van der Waals surface area contributed by atoms with Gasteiger partial charge in [0.25, 0.3) is 0 Å². The molecule has 198 valence electrons. The van der Waals surface area contributed by atoms with Gasteiger partial charge in [0.2, 0.25) is 5.95 Å². The van der Waals surface area contributed by atoms with E-state index in [1.54, 1.807) is 6.20 Å². The summed E-state index contributed by atoms with van der Waals surface area (Å²) >= 11 is 0. The van der Waals surface area contributed by atoms with E-state index in [1.165, 1.54) is 0 Å². The second-order valence-electron chi connectivity index (χ2n) is 8.91. The topological polar surface area (TPSA) is 70.6 Å². The number of aryl methyl sites for hydroxylation is 1. The number of benzene rings is 1. The summed E-state index contributed by atoms with van der Waals surface area (Å²) in [5, 5.41) is 3.27. The van der Waals surface area contributed by atoms with Crippen molar-refractivity contribution in [3.8, 4) is 5.75 Å². The number of halogens is 6. The van der Waals surface area contributed by atoms with E-state index < -0.39 is 24.2 Å². The molecule has 1 aliphatic rings. The highest BCUT2D eigenvalue weighted by Crippen LogP contribution is 2.32. The molecule has 1 aliphatic carbocycles. The van der Waals surface area contributed by atoms with Gasteiger partial charge in [-0.15, -0.1) is 13.2 Å². The zero-order chi connectivity index (χ0) is 26.7. The molecule has 0 aliphatic heterocycles. The van der Waals surface area contributed by atoms with E-state index >= 15 is 0 Å². The Morgan fingerprint density at radius 2 is 1.67 bits per heavy atom. The summed E-state index contributed by atoms with van der Waals surface area (Å²) in [5.41, 5.74) is 0.762. The molecule has 1 saturated carbocycles. The van der Waals surface area contributed by atoms with Crippen LogP contribution in [0.3, 0.4) is 0 Å².